The molecular formula is C15H19NO3. The fraction of sp³-hybridized carbons (Fsp3) is 0.400. The molecule has 1 N–H and O–H groups in total. The molecule has 1 heterocycles. The summed E-state index contributed by atoms with van der Waals surface area (Å²) in [6.45, 7) is 5.16. The lowest BCUT2D eigenvalue weighted by molar-refractivity contribution is -0.127. The van der Waals surface area contributed by atoms with Crippen molar-refractivity contribution in [2.45, 2.75) is 12.8 Å². The number of carbonyl (C=O) groups is 1. The van der Waals surface area contributed by atoms with Crippen LogP contribution in [0, 0.1) is 5.92 Å². The van der Waals surface area contributed by atoms with Gasteiger partial charge in [-0.25, -0.2) is 0 Å². The third-order valence-electron chi connectivity index (χ3n) is 3.49. The molecule has 4 nitrogen and oxygen atoms in total. The lowest BCUT2D eigenvalue weighted by Gasteiger charge is -2.16. The van der Waals surface area contributed by atoms with Crippen LogP contribution in [0.25, 0.3) is 0 Å². The zero-order chi connectivity index (χ0) is 13.8. The molecular weight excluding hydrogens is 242 g/mol. The van der Waals surface area contributed by atoms with Gasteiger partial charge in [0.1, 0.15) is 0 Å². The van der Waals surface area contributed by atoms with Gasteiger partial charge in [-0.2, -0.15) is 0 Å². The van der Waals surface area contributed by atoms with E-state index in [9.17, 15) is 9.90 Å². The summed E-state index contributed by atoms with van der Waals surface area (Å²) in [5.74, 6) is 1.06. The summed E-state index contributed by atoms with van der Waals surface area (Å²) in [6.07, 6.45) is 3.14. The minimum atomic E-state index is 0.136. The first-order valence-corrected chi connectivity index (χ1v) is 6.40. The molecule has 1 fully saturated rings. The Balaban J connectivity index is 1.94. The molecule has 0 aromatic heterocycles. The summed E-state index contributed by atoms with van der Waals surface area (Å²) in [4.78, 5) is 13.6. The monoisotopic (exact) mass is 261 g/mol. The summed E-state index contributed by atoms with van der Waals surface area (Å²) in [7, 11) is 1.52. The lowest BCUT2D eigenvalue weighted by atomic mass is 10.1. The summed E-state index contributed by atoms with van der Waals surface area (Å²) < 4.78 is 5.00. The van der Waals surface area contributed by atoms with E-state index in [2.05, 4.69) is 6.58 Å². The van der Waals surface area contributed by atoms with E-state index in [1.807, 2.05) is 17.0 Å². The molecule has 102 valence electrons. The second kappa shape index (κ2) is 5.78. The van der Waals surface area contributed by atoms with Gasteiger partial charge in [0.2, 0.25) is 5.91 Å². The molecule has 19 heavy (non-hydrogen) atoms. The van der Waals surface area contributed by atoms with Gasteiger partial charge in [-0.05, 0) is 24.1 Å². The first-order chi connectivity index (χ1) is 9.13. The Bertz CT molecular complexity index is 484. The summed E-state index contributed by atoms with van der Waals surface area (Å²) in [5, 5.41) is 9.70. The Morgan fingerprint density at radius 1 is 1.58 bits per heavy atom. The number of ether oxygens (including phenoxy) is 1. The van der Waals surface area contributed by atoms with Gasteiger partial charge >= 0.3 is 0 Å². The average molecular weight is 261 g/mol. The number of methoxy groups -OCH3 is 1. The molecule has 1 saturated heterocycles. The van der Waals surface area contributed by atoms with Gasteiger partial charge in [-0.1, -0.05) is 12.1 Å². The molecule has 1 aromatic carbocycles. The van der Waals surface area contributed by atoms with E-state index < -0.39 is 0 Å². The van der Waals surface area contributed by atoms with Crippen molar-refractivity contribution in [3.05, 3.63) is 36.4 Å². The number of phenols is 1. The van der Waals surface area contributed by atoms with E-state index in [-0.39, 0.29) is 17.6 Å². The molecule has 1 amide bonds. The van der Waals surface area contributed by atoms with Crippen LogP contribution in [0.15, 0.2) is 30.9 Å². The van der Waals surface area contributed by atoms with Crippen LogP contribution in [0.4, 0.5) is 0 Å². The first kappa shape index (κ1) is 13.5. The van der Waals surface area contributed by atoms with Crippen LogP contribution in [0.1, 0.15) is 12.0 Å². The highest BCUT2D eigenvalue weighted by atomic mass is 16.5. The van der Waals surface area contributed by atoms with Gasteiger partial charge in [0.05, 0.1) is 7.11 Å². The Morgan fingerprint density at radius 3 is 2.95 bits per heavy atom. The van der Waals surface area contributed by atoms with E-state index in [1.54, 1.807) is 12.1 Å². The van der Waals surface area contributed by atoms with Crippen molar-refractivity contribution in [1.29, 1.82) is 0 Å². The number of hydrogen-bond donors (Lipinski definition) is 1. The maximum atomic E-state index is 11.7. The van der Waals surface area contributed by atoms with Crippen LogP contribution < -0.4 is 4.74 Å². The van der Waals surface area contributed by atoms with E-state index in [0.29, 0.717) is 18.7 Å². The van der Waals surface area contributed by atoms with E-state index in [1.165, 1.54) is 7.11 Å². The number of hydrogen-bond acceptors (Lipinski definition) is 3. The van der Waals surface area contributed by atoms with Crippen molar-refractivity contribution < 1.29 is 14.6 Å². The molecule has 0 spiro atoms. The molecule has 4 heteroatoms. The number of benzene rings is 1. The number of aromatic hydroxyl groups is 1. The third-order valence-corrected chi connectivity index (χ3v) is 3.49. The van der Waals surface area contributed by atoms with E-state index in [4.69, 9.17) is 4.74 Å². The zero-order valence-corrected chi connectivity index (χ0v) is 11.1. The van der Waals surface area contributed by atoms with Crippen molar-refractivity contribution in [2.75, 3.05) is 20.2 Å². The average Bonchev–Trinajstić information content (AvgIpc) is 2.77. The van der Waals surface area contributed by atoms with Crippen LogP contribution in [0.3, 0.4) is 0 Å². The van der Waals surface area contributed by atoms with Gasteiger partial charge < -0.3 is 14.7 Å². The summed E-state index contributed by atoms with van der Waals surface area (Å²) in [6, 6.07) is 5.33. The predicted molar refractivity (Wildman–Crippen MR) is 73.2 cm³/mol. The highest BCUT2D eigenvalue weighted by Gasteiger charge is 2.26. The van der Waals surface area contributed by atoms with Crippen molar-refractivity contribution in [3.8, 4) is 11.5 Å². The second-order valence-electron chi connectivity index (χ2n) is 4.80. The topological polar surface area (TPSA) is 49.8 Å². The van der Waals surface area contributed by atoms with Crippen molar-refractivity contribution in [2.24, 2.45) is 5.92 Å². The minimum absolute atomic E-state index is 0.136. The normalized spacial score (nSPS) is 18.7. The lowest BCUT2D eigenvalue weighted by Crippen LogP contribution is -2.27. The Kier molecular flexibility index (Phi) is 4.10. The molecule has 1 atom stereocenters. The van der Waals surface area contributed by atoms with Crippen molar-refractivity contribution in [3.63, 3.8) is 0 Å². The number of amides is 1. The SMILES string of the molecule is C=CC1CC(=O)N(CCc2ccc(OC)c(O)c2)C1. The van der Waals surface area contributed by atoms with Crippen molar-refractivity contribution in [1.82, 2.24) is 4.90 Å². The predicted octanol–water partition coefficient (Wildman–Crippen LogP) is 1.98. The van der Waals surface area contributed by atoms with Gasteiger partial charge in [0.25, 0.3) is 0 Å². The number of phenolic OH excluding ortho intramolecular Hbond substituents is 1. The minimum Gasteiger partial charge on any atom is -0.504 e. The highest BCUT2D eigenvalue weighted by molar-refractivity contribution is 5.79. The number of likely N-dealkylation sites (tertiary alicyclic amines) is 1. The maximum Gasteiger partial charge on any atom is 0.223 e. The van der Waals surface area contributed by atoms with Gasteiger partial charge in [0, 0.05) is 25.4 Å². The van der Waals surface area contributed by atoms with E-state index in [0.717, 1.165) is 18.5 Å². The maximum absolute atomic E-state index is 11.7. The van der Waals surface area contributed by atoms with Gasteiger partial charge in [-0.15, -0.1) is 6.58 Å². The molecule has 0 saturated carbocycles. The number of carbonyl (C=O) groups excluding carboxylic acids is 1. The molecule has 2 rings (SSSR count). The molecule has 1 aromatic rings. The summed E-state index contributed by atoms with van der Waals surface area (Å²) >= 11 is 0. The Hall–Kier alpha value is -1.97. The summed E-state index contributed by atoms with van der Waals surface area (Å²) in [5.41, 5.74) is 0.994. The standard InChI is InChI=1S/C15H19NO3/c1-3-11-9-15(18)16(10-11)7-6-12-4-5-14(19-2)13(17)8-12/h3-5,8,11,17H,1,6-7,9-10H2,2H3. The van der Waals surface area contributed by atoms with Crippen LogP contribution in [0.2, 0.25) is 0 Å². The van der Waals surface area contributed by atoms with E-state index >= 15 is 0 Å². The molecule has 0 bridgehead atoms. The molecule has 1 aliphatic rings. The molecule has 1 unspecified atom stereocenters. The van der Waals surface area contributed by atoms with Crippen LogP contribution in [-0.4, -0.2) is 36.1 Å². The first-order valence-electron chi connectivity index (χ1n) is 6.40. The van der Waals surface area contributed by atoms with Gasteiger partial charge in [-0.3, -0.25) is 4.79 Å². The number of rotatable bonds is 5. The molecule has 0 aliphatic carbocycles. The van der Waals surface area contributed by atoms with Crippen molar-refractivity contribution >= 4 is 5.91 Å². The zero-order valence-electron chi connectivity index (χ0n) is 11.1. The van der Waals surface area contributed by atoms with Crippen LogP contribution in [0.5, 0.6) is 11.5 Å². The fourth-order valence-corrected chi connectivity index (χ4v) is 2.33. The Morgan fingerprint density at radius 2 is 2.37 bits per heavy atom. The van der Waals surface area contributed by atoms with Gasteiger partial charge in [0.15, 0.2) is 11.5 Å². The van der Waals surface area contributed by atoms with Crippen LogP contribution in [-0.2, 0) is 11.2 Å². The third kappa shape index (κ3) is 3.08. The molecule has 1 aliphatic heterocycles. The smallest absolute Gasteiger partial charge is 0.223 e. The largest absolute Gasteiger partial charge is 0.504 e. The molecule has 0 radical (unpaired) electrons. The highest BCUT2D eigenvalue weighted by Crippen LogP contribution is 2.27. The van der Waals surface area contributed by atoms with Crippen LogP contribution >= 0.6 is 0 Å². The number of nitrogens with zero attached hydrogens (tertiary/aromatic N) is 1. The fourth-order valence-electron chi connectivity index (χ4n) is 2.33. The quantitative estimate of drug-likeness (QED) is 0.824. The Labute approximate surface area is 113 Å². The second-order valence-corrected chi connectivity index (χ2v) is 4.80.